The molecule has 106 valence electrons. The summed E-state index contributed by atoms with van der Waals surface area (Å²) >= 11 is 3.85. The molecule has 0 fully saturated rings. The number of hydrogen-bond acceptors (Lipinski definition) is 1. The largest absolute Gasteiger partial charge is 0.352 e. The Labute approximate surface area is 132 Å². The minimum absolute atomic E-state index is 0.0619. The van der Waals surface area contributed by atoms with Crippen LogP contribution in [0.1, 0.15) is 43.4 Å². The van der Waals surface area contributed by atoms with Crippen LogP contribution in [-0.2, 0) is 12.8 Å². The minimum Gasteiger partial charge on any atom is -0.352 e. The number of fused-ring (bicyclic) bond motifs is 2. The molecule has 3 heteroatoms. The van der Waals surface area contributed by atoms with E-state index in [4.69, 9.17) is 0 Å². The van der Waals surface area contributed by atoms with E-state index in [0.29, 0.717) is 5.92 Å². The van der Waals surface area contributed by atoms with Crippen LogP contribution in [0, 0.1) is 0 Å². The third-order valence-electron chi connectivity index (χ3n) is 4.62. The fourth-order valence-corrected chi connectivity index (χ4v) is 4.15. The number of benzene rings is 2. The zero-order chi connectivity index (χ0) is 14.4. The molecule has 2 atom stereocenters. The number of carbonyl (C=O) groups excluding carboxylic acids is 1. The highest BCUT2D eigenvalue weighted by Gasteiger charge is 2.32. The van der Waals surface area contributed by atoms with E-state index in [1.165, 1.54) is 16.7 Å². The second-order valence-electron chi connectivity index (χ2n) is 5.83. The molecule has 0 saturated carbocycles. The predicted molar refractivity (Wildman–Crippen MR) is 87.0 cm³/mol. The Morgan fingerprint density at radius 1 is 1.14 bits per heavy atom. The molecule has 0 radical (unpaired) electrons. The lowest BCUT2D eigenvalue weighted by atomic mass is 9.74. The number of amides is 1. The highest BCUT2D eigenvalue weighted by atomic mass is 79.9. The molecule has 2 aromatic carbocycles. The highest BCUT2D eigenvalue weighted by molar-refractivity contribution is 9.09. The average molecular weight is 342 g/mol. The molecule has 0 saturated heterocycles. The number of alkyl halides is 1. The van der Waals surface area contributed by atoms with Crippen molar-refractivity contribution in [2.75, 3.05) is 6.54 Å². The highest BCUT2D eigenvalue weighted by Crippen LogP contribution is 2.47. The number of rotatable bonds is 2. The quantitative estimate of drug-likeness (QED) is 0.828. The van der Waals surface area contributed by atoms with Crippen LogP contribution in [0.2, 0.25) is 0 Å². The summed E-state index contributed by atoms with van der Waals surface area (Å²) in [5.41, 5.74) is 6.08. The molecule has 0 aromatic heterocycles. The van der Waals surface area contributed by atoms with E-state index in [0.717, 1.165) is 30.5 Å². The summed E-state index contributed by atoms with van der Waals surface area (Å²) in [6.45, 7) is 0.749. The summed E-state index contributed by atoms with van der Waals surface area (Å²) in [5, 5.41) is 2.92. The first kappa shape index (κ1) is 13.1. The van der Waals surface area contributed by atoms with Gasteiger partial charge in [-0.3, -0.25) is 4.79 Å². The zero-order valence-electron chi connectivity index (χ0n) is 11.6. The lowest BCUT2D eigenvalue weighted by molar-refractivity contribution is 0.0946. The van der Waals surface area contributed by atoms with Gasteiger partial charge in [0.1, 0.15) is 0 Å². The smallest absolute Gasteiger partial charge is 0.251 e. The standard InChI is InChI=1S/C18H16BrNO/c19-17(16-9-12-3-1-2-4-14(12)16)13-6-5-11-7-8-20-18(21)15(11)10-13/h1-6,10,16-17H,7-9H2,(H,20,21). The van der Waals surface area contributed by atoms with Gasteiger partial charge in [-0.2, -0.15) is 0 Å². The number of carbonyl (C=O) groups is 1. The van der Waals surface area contributed by atoms with E-state index in [2.05, 4.69) is 63.7 Å². The van der Waals surface area contributed by atoms with Gasteiger partial charge in [0, 0.05) is 22.9 Å². The first-order chi connectivity index (χ1) is 10.2. The van der Waals surface area contributed by atoms with Crippen molar-refractivity contribution >= 4 is 21.8 Å². The lowest BCUT2D eigenvalue weighted by Gasteiger charge is -2.34. The molecule has 4 rings (SSSR count). The van der Waals surface area contributed by atoms with E-state index in [1.54, 1.807) is 0 Å². The van der Waals surface area contributed by atoms with Crippen molar-refractivity contribution in [3.63, 3.8) is 0 Å². The van der Waals surface area contributed by atoms with E-state index >= 15 is 0 Å². The second-order valence-corrected chi connectivity index (χ2v) is 6.82. The van der Waals surface area contributed by atoms with Crippen LogP contribution in [0.25, 0.3) is 0 Å². The third-order valence-corrected chi connectivity index (χ3v) is 5.79. The van der Waals surface area contributed by atoms with Gasteiger partial charge in [-0.15, -0.1) is 0 Å². The average Bonchev–Trinajstić information content (AvgIpc) is 2.48. The van der Waals surface area contributed by atoms with Crippen molar-refractivity contribution in [1.82, 2.24) is 5.32 Å². The van der Waals surface area contributed by atoms with Gasteiger partial charge in [-0.1, -0.05) is 52.3 Å². The predicted octanol–water partition coefficient (Wildman–Crippen LogP) is 3.75. The van der Waals surface area contributed by atoms with Crippen molar-refractivity contribution < 1.29 is 4.79 Å². The molecule has 2 unspecified atom stereocenters. The zero-order valence-corrected chi connectivity index (χ0v) is 13.2. The molecule has 1 aliphatic carbocycles. The molecular formula is C18H16BrNO. The van der Waals surface area contributed by atoms with Gasteiger partial charge in [0.25, 0.3) is 5.91 Å². The first-order valence-electron chi connectivity index (χ1n) is 7.37. The summed E-state index contributed by atoms with van der Waals surface area (Å²) in [4.78, 5) is 12.3. The van der Waals surface area contributed by atoms with Crippen molar-refractivity contribution in [3.8, 4) is 0 Å². The van der Waals surface area contributed by atoms with Crippen LogP contribution in [-0.4, -0.2) is 12.5 Å². The van der Waals surface area contributed by atoms with Crippen LogP contribution in [0.5, 0.6) is 0 Å². The minimum atomic E-state index is 0.0619. The van der Waals surface area contributed by atoms with E-state index in [-0.39, 0.29) is 10.7 Å². The summed E-state index contributed by atoms with van der Waals surface area (Å²) < 4.78 is 0. The maximum Gasteiger partial charge on any atom is 0.251 e. The Bertz CT molecular complexity index is 725. The van der Waals surface area contributed by atoms with E-state index in [9.17, 15) is 4.79 Å². The second kappa shape index (κ2) is 4.99. The molecule has 2 nitrogen and oxygen atoms in total. The van der Waals surface area contributed by atoms with Gasteiger partial charge < -0.3 is 5.32 Å². The molecule has 2 aromatic rings. The molecular weight excluding hydrogens is 326 g/mol. The van der Waals surface area contributed by atoms with Crippen LogP contribution in [0.3, 0.4) is 0 Å². The summed E-state index contributed by atoms with van der Waals surface area (Å²) in [6, 6.07) is 14.9. The normalized spacial score (nSPS) is 20.8. The van der Waals surface area contributed by atoms with Crippen LogP contribution >= 0.6 is 15.9 Å². The molecule has 21 heavy (non-hydrogen) atoms. The summed E-state index contributed by atoms with van der Waals surface area (Å²) in [6.07, 6.45) is 2.04. The van der Waals surface area contributed by atoms with Crippen molar-refractivity contribution in [2.45, 2.75) is 23.6 Å². The van der Waals surface area contributed by atoms with Gasteiger partial charge in [0.15, 0.2) is 0 Å². The topological polar surface area (TPSA) is 29.1 Å². The molecule has 1 aliphatic heterocycles. The Morgan fingerprint density at radius 2 is 2.00 bits per heavy atom. The van der Waals surface area contributed by atoms with Crippen molar-refractivity contribution in [1.29, 1.82) is 0 Å². The number of halogens is 1. The maximum atomic E-state index is 12.0. The number of nitrogens with one attached hydrogen (secondary N) is 1. The van der Waals surface area contributed by atoms with Gasteiger partial charge in [-0.25, -0.2) is 0 Å². The third kappa shape index (κ3) is 2.11. The van der Waals surface area contributed by atoms with Crippen molar-refractivity contribution in [3.05, 3.63) is 70.3 Å². The molecule has 1 heterocycles. The van der Waals surface area contributed by atoms with Gasteiger partial charge in [-0.05, 0) is 41.2 Å². The van der Waals surface area contributed by atoms with Crippen LogP contribution in [0.4, 0.5) is 0 Å². The molecule has 2 aliphatic rings. The first-order valence-corrected chi connectivity index (χ1v) is 8.28. The number of hydrogen-bond donors (Lipinski definition) is 1. The maximum absolute atomic E-state index is 12.0. The monoisotopic (exact) mass is 341 g/mol. The van der Waals surface area contributed by atoms with Crippen LogP contribution < -0.4 is 5.32 Å². The molecule has 0 bridgehead atoms. The molecule has 1 amide bonds. The Hall–Kier alpha value is -1.61. The van der Waals surface area contributed by atoms with Gasteiger partial charge in [0.2, 0.25) is 0 Å². The van der Waals surface area contributed by atoms with Crippen LogP contribution in [0.15, 0.2) is 42.5 Å². The molecule has 1 N–H and O–H groups in total. The Morgan fingerprint density at radius 3 is 2.86 bits per heavy atom. The van der Waals surface area contributed by atoms with Gasteiger partial charge >= 0.3 is 0 Å². The van der Waals surface area contributed by atoms with E-state index < -0.39 is 0 Å². The summed E-state index contributed by atoms with van der Waals surface area (Å²) in [7, 11) is 0. The fraction of sp³-hybridized carbons (Fsp3) is 0.278. The molecule has 0 spiro atoms. The van der Waals surface area contributed by atoms with E-state index in [1.807, 2.05) is 0 Å². The lowest BCUT2D eigenvalue weighted by Crippen LogP contribution is -2.32. The van der Waals surface area contributed by atoms with Crippen molar-refractivity contribution in [2.24, 2.45) is 0 Å². The Kier molecular flexibility index (Phi) is 3.11. The Balaban J connectivity index is 1.66. The summed E-state index contributed by atoms with van der Waals surface area (Å²) in [5.74, 6) is 0.567. The SMILES string of the molecule is O=C1NCCc2ccc(C(Br)C3Cc4ccccc43)cc21. The van der Waals surface area contributed by atoms with Gasteiger partial charge in [0.05, 0.1) is 0 Å². The fourth-order valence-electron chi connectivity index (χ4n) is 3.39.